The second-order valence-corrected chi connectivity index (χ2v) is 3.02. The van der Waals surface area contributed by atoms with Gasteiger partial charge in [-0.1, -0.05) is 0 Å². The predicted molar refractivity (Wildman–Crippen MR) is 48.9 cm³/mol. The highest BCUT2D eigenvalue weighted by molar-refractivity contribution is 6.31. The summed E-state index contributed by atoms with van der Waals surface area (Å²) in [5.74, 6) is -1.24. The molecular weight excluding hydrogens is 212 g/mol. The zero-order chi connectivity index (χ0) is 11.1. The summed E-state index contributed by atoms with van der Waals surface area (Å²) in [6, 6.07) is -0.784. The van der Waals surface area contributed by atoms with Gasteiger partial charge in [-0.05, 0) is 6.92 Å². The molecule has 7 heteroatoms. The number of hydrogen-bond donors (Lipinski definition) is 2. The Bertz CT molecular complexity index is 242. The van der Waals surface area contributed by atoms with E-state index >= 15 is 0 Å². The number of carbonyl (C=O) groups excluding carboxylic acids is 3. The number of urea groups is 1. The molecule has 1 atom stereocenters. The van der Waals surface area contributed by atoms with Crippen LogP contribution in [0.15, 0.2) is 0 Å². The van der Waals surface area contributed by atoms with Crippen molar-refractivity contribution in [2.24, 2.45) is 0 Å². The Labute approximate surface area is 85.9 Å². The first-order chi connectivity index (χ1) is 6.47. The quantitative estimate of drug-likeness (QED) is 0.503. The van der Waals surface area contributed by atoms with Crippen molar-refractivity contribution in [3.8, 4) is 0 Å². The molecule has 14 heavy (non-hydrogen) atoms. The van der Waals surface area contributed by atoms with Crippen LogP contribution in [0.2, 0.25) is 0 Å². The fourth-order valence-corrected chi connectivity index (χ4v) is 0.535. The molecular formula is C7H11ClN2O4. The fourth-order valence-electron chi connectivity index (χ4n) is 0.480. The molecule has 0 radical (unpaired) electrons. The zero-order valence-corrected chi connectivity index (χ0v) is 8.55. The molecule has 3 amide bonds. The van der Waals surface area contributed by atoms with Crippen molar-refractivity contribution in [3.63, 3.8) is 0 Å². The lowest BCUT2D eigenvalue weighted by Crippen LogP contribution is -2.44. The molecule has 2 N–H and O–H groups in total. The maximum atomic E-state index is 10.9. The van der Waals surface area contributed by atoms with Gasteiger partial charge in [0.1, 0.15) is 11.9 Å². The van der Waals surface area contributed by atoms with E-state index in [1.807, 2.05) is 5.32 Å². The van der Waals surface area contributed by atoms with Gasteiger partial charge in [0.15, 0.2) is 0 Å². The summed E-state index contributed by atoms with van der Waals surface area (Å²) in [7, 11) is 1.19. The first-order valence-corrected chi connectivity index (χ1v) is 4.20. The molecule has 0 bridgehead atoms. The molecule has 1 unspecified atom stereocenters. The second-order valence-electron chi connectivity index (χ2n) is 2.36. The molecule has 0 rings (SSSR count). The molecule has 0 saturated heterocycles. The average molecular weight is 223 g/mol. The highest BCUT2D eigenvalue weighted by atomic mass is 35.5. The fraction of sp³-hybridized carbons (Fsp3) is 0.571. The van der Waals surface area contributed by atoms with Crippen LogP contribution in [0.4, 0.5) is 4.79 Å². The second kappa shape index (κ2) is 6.20. The molecule has 6 nitrogen and oxygen atoms in total. The summed E-state index contributed by atoms with van der Waals surface area (Å²) in [5, 5.41) is 3.24. The van der Waals surface area contributed by atoms with Gasteiger partial charge in [-0.2, -0.15) is 0 Å². The Hall–Kier alpha value is -1.30. The number of esters is 1. The van der Waals surface area contributed by atoms with Crippen LogP contribution < -0.4 is 10.6 Å². The third kappa shape index (κ3) is 5.36. The first kappa shape index (κ1) is 12.7. The molecule has 0 aliphatic rings. The van der Waals surface area contributed by atoms with Crippen LogP contribution in [0, 0.1) is 0 Å². The smallest absolute Gasteiger partial charge is 0.325 e. The summed E-state index contributed by atoms with van der Waals surface area (Å²) in [4.78, 5) is 32.3. The van der Waals surface area contributed by atoms with Crippen molar-refractivity contribution in [2.45, 2.75) is 12.3 Å². The number of carbonyl (C=O) groups is 3. The lowest BCUT2D eigenvalue weighted by molar-refractivity contribution is -0.139. The molecule has 0 spiro atoms. The minimum atomic E-state index is -0.807. The summed E-state index contributed by atoms with van der Waals surface area (Å²) in [6.07, 6.45) is 0. The van der Waals surface area contributed by atoms with Gasteiger partial charge in [-0.3, -0.25) is 14.9 Å². The average Bonchev–Trinajstić information content (AvgIpc) is 2.13. The maximum absolute atomic E-state index is 10.9. The van der Waals surface area contributed by atoms with Crippen molar-refractivity contribution in [3.05, 3.63) is 0 Å². The van der Waals surface area contributed by atoms with E-state index in [4.69, 9.17) is 11.6 Å². The molecule has 0 aliphatic heterocycles. The van der Waals surface area contributed by atoms with E-state index in [1.54, 1.807) is 0 Å². The SMILES string of the molecule is COC(=O)CNC(=O)NC(=O)C(C)Cl. The molecule has 0 aliphatic carbocycles. The van der Waals surface area contributed by atoms with Gasteiger partial charge in [-0.15, -0.1) is 11.6 Å². The van der Waals surface area contributed by atoms with Gasteiger partial charge < -0.3 is 10.1 Å². The highest BCUT2D eigenvalue weighted by Gasteiger charge is 2.13. The number of halogens is 1. The van der Waals surface area contributed by atoms with Crippen LogP contribution in [0.1, 0.15) is 6.92 Å². The number of ether oxygens (including phenoxy) is 1. The summed E-state index contributed by atoms with van der Waals surface area (Å²) in [5.41, 5.74) is 0. The van der Waals surface area contributed by atoms with Crippen molar-refractivity contribution in [1.82, 2.24) is 10.6 Å². The van der Waals surface area contributed by atoms with E-state index in [9.17, 15) is 14.4 Å². The minimum Gasteiger partial charge on any atom is -0.468 e. The van der Waals surface area contributed by atoms with Crippen LogP contribution in [-0.4, -0.2) is 36.9 Å². The van der Waals surface area contributed by atoms with E-state index in [2.05, 4.69) is 10.1 Å². The lowest BCUT2D eigenvalue weighted by Gasteiger charge is -2.06. The largest absolute Gasteiger partial charge is 0.468 e. The lowest BCUT2D eigenvalue weighted by atomic mass is 10.4. The van der Waals surface area contributed by atoms with Gasteiger partial charge in [-0.25, -0.2) is 4.79 Å². The number of methoxy groups -OCH3 is 1. The third-order valence-electron chi connectivity index (χ3n) is 1.22. The van der Waals surface area contributed by atoms with Gasteiger partial charge in [0.05, 0.1) is 7.11 Å². The van der Waals surface area contributed by atoms with Gasteiger partial charge in [0, 0.05) is 0 Å². The van der Waals surface area contributed by atoms with Crippen molar-refractivity contribution in [2.75, 3.05) is 13.7 Å². The van der Waals surface area contributed by atoms with Crippen LogP contribution >= 0.6 is 11.6 Å². The molecule has 0 aromatic rings. The maximum Gasteiger partial charge on any atom is 0.325 e. The van der Waals surface area contributed by atoms with Crippen molar-refractivity contribution < 1.29 is 19.1 Å². The van der Waals surface area contributed by atoms with Crippen LogP contribution in [-0.2, 0) is 14.3 Å². The van der Waals surface area contributed by atoms with Gasteiger partial charge in [0.25, 0.3) is 0 Å². The Morgan fingerprint density at radius 2 is 2.00 bits per heavy atom. The predicted octanol–water partition coefficient (Wildman–Crippen LogP) is -0.387. The Morgan fingerprint density at radius 1 is 1.43 bits per heavy atom. The van der Waals surface area contributed by atoms with E-state index < -0.39 is 23.3 Å². The summed E-state index contributed by atoms with van der Waals surface area (Å²) < 4.78 is 4.26. The van der Waals surface area contributed by atoms with Crippen molar-refractivity contribution in [1.29, 1.82) is 0 Å². The number of amides is 3. The van der Waals surface area contributed by atoms with E-state index in [0.717, 1.165) is 0 Å². The third-order valence-corrected chi connectivity index (χ3v) is 1.42. The number of imide groups is 1. The number of nitrogens with one attached hydrogen (secondary N) is 2. The number of alkyl halides is 1. The van der Waals surface area contributed by atoms with Gasteiger partial charge in [0.2, 0.25) is 5.91 Å². The highest BCUT2D eigenvalue weighted by Crippen LogP contribution is 1.91. The topological polar surface area (TPSA) is 84.5 Å². The van der Waals surface area contributed by atoms with Crippen molar-refractivity contribution >= 4 is 29.5 Å². The molecule has 0 heterocycles. The van der Waals surface area contributed by atoms with Crippen LogP contribution in [0.5, 0.6) is 0 Å². The molecule has 80 valence electrons. The Kier molecular flexibility index (Phi) is 5.62. The molecule has 0 fully saturated rings. The van der Waals surface area contributed by atoms with E-state index in [-0.39, 0.29) is 6.54 Å². The standard InChI is InChI=1S/C7H11ClN2O4/c1-4(8)6(12)10-7(13)9-3-5(11)14-2/h4H,3H2,1-2H3,(H2,9,10,12,13). The minimum absolute atomic E-state index is 0.299. The summed E-state index contributed by atoms with van der Waals surface area (Å²) in [6.45, 7) is 1.12. The monoisotopic (exact) mass is 222 g/mol. The number of hydrogen-bond acceptors (Lipinski definition) is 4. The normalized spacial score (nSPS) is 11.4. The van der Waals surface area contributed by atoms with E-state index in [1.165, 1.54) is 14.0 Å². The Morgan fingerprint density at radius 3 is 2.43 bits per heavy atom. The Balaban J connectivity index is 3.77. The molecule has 0 aromatic heterocycles. The first-order valence-electron chi connectivity index (χ1n) is 3.77. The van der Waals surface area contributed by atoms with Gasteiger partial charge >= 0.3 is 12.0 Å². The summed E-state index contributed by atoms with van der Waals surface area (Å²) >= 11 is 5.38. The van der Waals surface area contributed by atoms with E-state index in [0.29, 0.717) is 0 Å². The molecule has 0 saturated carbocycles. The van der Waals surface area contributed by atoms with Crippen LogP contribution in [0.25, 0.3) is 0 Å². The van der Waals surface area contributed by atoms with Crippen LogP contribution in [0.3, 0.4) is 0 Å². The molecule has 0 aromatic carbocycles. The number of rotatable bonds is 3. The zero-order valence-electron chi connectivity index (χ0n) is 7.80.